The van der Waals surface area contributed by atoms with Crippen LogP contribution in [-0.4, -0.2) is 36.8 Å². The summed E-state index contributed by atoms with van der Waals surface area (Å²) in [6.45, 7) is 5.11. The van der Waals surface area contributed by atoms with Gasteiger partial charge in [0.15, 0.2) is 0 Å². The van der Waals surface area contributed by atoms with Crippen molar-refractivity contribution in [1.82, 2.24) is 4.31 Å². The predicted molar refractivity (Wildman–Crippen MR) is 67.2 cm³/mol. The molecule has 1 aliphatic carbocycles. The van der Waals surface area contributed by atoms with E-state index in [0.717, 1.165) is 17.1 Å². The minimum absolute atomic E-state index is 0.0989. The third kappa shape index (κ3) is 4.55. The summed E-state index contributed by atoms with van der Waals surface area (Å²) in [6, 6.07) is -0.236. The first-order valence-electron chi connectivity index (χ1n) is 6.08. The molecule has 0 radical (unpaired) electrons. The Morgan fingerprint density at radius 2 is 1.83 bits per heavy atom. The molecule has 106 valence electrons. The quantitative estimate of drug-likeness (QED) is 0.767. The van der Waals surface area contributed by atoms with Crippen molar-refractivity contribution in [3.8, 4) is 0 Å². The molecule has 6 nitrogen and oxygen atoms in total. The fourth-order valence-corrected chi connectivity index (χ4v) is 2.59. The Labute approximate surface area is 110 Å². The molecule has 0 bridgehead atoms. The molecule has 1 fully saturated rings. The number of nitrogens with two attached hydrogens (primary N) is 1. The summed E-state index contributed by atoms with van der Waals surface area (Å²) in [6.07, 6.45) is 1.82. The van der Waals surface area contributed by atoms with Gasteiger partial charge >= 0.3 is 6.09 Å². The van der Waals surface area contributed by atoms with Crippen molar-refractivity contribution in [3.05, 3.63) is 0 Å². The van der Waals surface area contributed by atoms with Crippen molar-refractivity contribution in [2.24, 2.45) is 5.73 Å². The Kier molecular flexibility index (Phi) is 5.12. The standard InChI is InChI=1S/C11H22N2O4S/c1-11(2,3)17-10(14)13(18(15)16)9-6-4-8(12)5-7-9/h8-9H,4-7,12H2,1-3H3,(H,15,16)/p-1. The van der Waals surface area contributed by atoms with Crippen LogP contribution in [0.2, 0.25) is 0 Å². The molecular weight excluding hydrogens is 256 g/mol. The van der Waals surface area contributed by atoms with Gasteiger partial charge in [0.05, 0.1) is 11.3 Å². The molecule has 0 spiro atoms. The van der Waals surface area contributed by atoms with E-state index in [4.69, 9.17) is 10.5 Å². The van der Waals surface area contributed by atoms with Crippen LogP contribution in [0.25, 0.3) is 0 Å². The Morgan fingerprint density at radius 3 is 2.22 bits per heavy atom. The first kappa shape index (κ1) is 15.4. The second-order valence-electron chi connectivity index (χ2n) is 5.59. The van der Waals surface area contributed by atoms with Crippen LogP contribution in [0, 0.1) is 0 Å². The van der Waals surface area contributed by atoms with E-state index in [2.05, 4.69) is 0 Å². The van der Waals surface area contributed by atoms with Crippen LogP contribution >= 0.6 is 0 Å². The predicted octanol–water partition coefficient (Wildman–Crippen LogP) is 1.29. The van der Waals surface area contributed by atoms with Gasteiger partial charge in [-0.15, -0.1) is 0 Å². The molecule has 1 amide bonds. The van der Waals surface area contributed by atoms with Gasteiger partial charge in [-0.25, -0.2) is 9.10 Å². The van der Waals surface area contributed by atoms with Crippen LogP contribution in [0.5, 0.6) is 0 Å². The first-order valence-corrected chi connectivity index (χ1v) is 7.11. The number of nitrogens with zero attached hydrogens (tertiary/aromatic N) is 1. The maximum atomic E-state index is 11.9. The van der Waals surface area contributed by atoms with Crippen molar-refractivity contribution in [2.75, 3.05) is 0 Å². The normalized spacial score (nSPS) is 26.5. The monoisotopic (exact) mass is 277 g/mol. The average Bonchev–Trinajstić information content (AvgIpc) is 2.18. The first-order chi connectivity index (χ1) is 8.20. The number of ether oxygens (including phenoxy) is 1. The highest BCUT2D eigenvalue weighted by atomic mass is 32.2. The molecular formula is C11H21N2O4S-. The molecule has 1 unspecified atom stereocenters. The summed E-state index contributed by atoms with van der Waals surface area (Å²) in [5.41, 5.74) is 5.05. The molecule has 7 heteroatoms. The molecule has 0 aromatic carbocycles. The molecule has 0 aliphatic heterocycles. The highest BCUT2D eigenvalue weighted by molar-refractivity contribution is 7.77. The van der Waals surface area contributed by atoms with Crippen molar-refractivity contribution in [3.63, 3.8) is 0 Å². The van der Waals surface area contributed by atoms with Gasteiger partial charge in [0.25, 0.3) is 0 Å². The molecule has 0 heterocycles. The van der Waals surface area contributed by atoms with Gasteiger partial charge in [-0.3, -0.25) is 4.21 Å². The van der Waals surface area contributed by atoms with Gasteiger partial charge in [0.1, 0.15) is 5.60 Å². The van der Waals surface area contributed by atoms with Crippen LogP contribution < -0.4 is 5.73 Å². The SMILES string of the molecule is CC(C)(C)OC(=O)N(C1CCC(N)CC1)S(=O)[O-]. The van der Waals surface area contributed by atoms with Gasteiger partial charge in [-0.05, 0) is 46.5 Å². The van der Waals surface area contributed by atoms with Crippen LogP contribution in [0.15, 0.2) is 0 Å². The molecule has 0 aromatic heterocycles. The fourth-order valence-electron chi connectivity index (χ4n) is 1.97. The Morgan fingerprint density at radius 1 is 1.33 bits per heavy atom. The lowest BCUT2D eigenvalue weighted by Crippen LogP contribution is -2.47. The number of amides is 1. The second-order valence-corrected chi connectivity index (χ2v) is 6.42. The van der Waals surface area contributed by atoms with Gasteiger partial charge in [0, 0.05) is 12.1 Å². The van der Waals surface area contributed by atoms with Crippen molar-refractivity contribution >= 4 is 17.4 Å². The number of hydrogen-bond acceptors (Lipinski definition) is 5. The van der Waals surface area contributed by atoms with E-state index in [-0.39, 0.29) is 12.1 Å². The molecule has 1 atom stereocenters. The largest absolute Gasteiger partial charge is 0.755 e. The van der Waals surface area contributed by atoms with E-state index in [1.165, 1.54) is 0 Å². The maximum absolute atomic E-state index is 11.9. The lowest BCUT2D eigenvalue weighted by atomic mass is 9.92. The molecule has 2 N–H and O–H groups in total. The Hall–Kier alpha value is -0.660. The number of rotatable bonds is 2. The topological polar surface area (TPSA) is 95.7 Å². The highest BCUT2D eigenvalue weighted by Gasteiger charge is 2.31. The van der Waals surface area contributed by atoms with Crippen LogP contribution in [0.3, 0.4) is 0 Å². The molecule has 1 saturated carbocycles. The molecule has 1 aliphatic rings. The third-order valence-corrected chi connectivity index (χ3v) is 3.58. The van der Waals surface area contributed by atoms with Crippen LogP contribution in [0.1, 0.15) is 46.5 Å². The van der Waals surface area contributed by atoms with Gasteiger partial charge in [0.2, 0.25) is 0 Å². The minimum Gasteiger partial charge on any atom is -0.755 e. The molecule has 1 rings (SSSR count). The third-order valence-electron chi connectivity index (χ3n) is 2.81. The van der Waals surface area contributed by atoms with Crippen LogP contribution in [-0.2, 0) is 16.0 Å². The summed E-state index contributed by atoms with van der Waals surface area (Å²) >= 11 is -2.61. The summed E-state index contributed by atoms with van der Waals surface area (Å²) in [7, 11) is 0. The zero-order valence-electron chi connectivity index (χ0n) is 11.0. The highest BCUT2D eigenvalue weighted by Crippen LogP contribution is 2.24. The van der Waals surface area contributed by atoms with E-state index < -0.39 is 23.0 Å². The van der Waals surface area contributed by atoms with Crippen LogP contribution in [0.4, 0.5) is 4.79 Å². The molecule has 18 heavy (non-hydrogen) atoms. The maximum Gasteiger partial charge on any atom is 0.421 e. The smallest absolute Gasteiger partial charge is 0.421 e. The average molecular weight is 277 g/mol. The lowest BCUT2D eigenvalue weighted by molar-refractivity contribution is 0.0306. The van der Waals surface area contributed by atoms with Crippen molar-refractivity contribution in [1.29, 1.82) is 0 Å². The fraction of sp³-hybridized carbons (Fsp3) is 0.909. The minimum atomic E-state index is -2.61. The summed E-state index contributed by atoms with van der Waals surface area (Å²) < 4.78 is 28.3. The van der Waals surface area contributed by atoms with E-state index >= 15 is 0 Å². The Bertz CT molecular complexity index is 321. The van der Waals surface area contributed by atoms with E-state index in [0.29, 0.717) is 12.8 Å². The summed E-state index contributed by atoms with van der Waals surface area (Å²) in [5.74, 6) is 0. The zero-order valence-corrected chi connectivity index (χ0v) is 11.9. The number of hydrogen-bond donors (Lipinski definition) is 1. The van der Waals surface area contributed by atoms with E-state index in [1.807, 2.05) is 0 Å². The lowest BCUT2D eigenvalue weighted by Gasteiger charge is -2.37. The number of carbonyl (C=O) groups is 1. The second kappa shape index (κ2) is 5.99. The van der Waals surface area contributed by atoms with Crippen molar-refractivity contribution in [2.45, 2.75) is 64.1 Å². The summed E-state index contributed by atoms with van der Waals surface area (Å²) in [5, 5.41) is 0. The van der Waals surface area contributed by atoms with Gasteiger partial charge in [-0.2, -0.15) is 0 Å². The summed E-state index contributed by atoms with van der Waals surface area (Å²) in [4.78, 5) is 11.9. The van der Waals surface area contributed by atoms with Gasteiger partial charge < -0.3 is 15.0 Å². The Balaban J connectivity index is 2.71. The molecule has 0 aromatic rings. The number of carbonyl (C=O) groups excluding carboxylic acids is 1. The van der Waals surface area contributed by atoms with E-state index in [9.17, 15) is 13.6 Å². The van der Waals surface area contributed by atoms with E-state index in [1.54, 1.807) is 20.8 Å². The zero-order chi connectivity index (χ0) is 13.9. The molecule has 0 saturated heterocycles. The van der Waals surface area contributed by atoms with Crippen molar-refractivity contribution < 1.29 is 18.3 Å². The van der Waals surface area contributed by atoms with Gasteiger partial charge in [-0.1, -0.05) is 0 Å².